The van der Waals surface area contributed by atoms with Crippen LogP contribution in [-0.4, -0.2) is 101 Å². The van der Waals surface area contributed by atoms with E-state index in [-0.39, 0.29) is 24.4 Å². The topological polar surface area (TPSA) is 91.1 Å². The lowest BCUT2D eigenvalue weighted by molar-refractivity contribution is -0.143. The number of fused-ring (bicyclic) bond motifs is 1. The number of hydrogen-bond donors (Lipinski definition) is 1. The van der Waals surface area contributed by atoms with E-state index in [2.05, 4.69) is 41.9 Å². The van der Waals surface area contributed by atoms with Gasteiger partial charge in [-0.2, -0.15) is 0 Å². The number of aromatic nitrogens is 2. The van der Waals surface area contributed by atoms with Crippen LogP contribution in [0.3, 0.4) is 0 Å². The van der Waals surface area contributed by atoms with Crippen LogP contribution < -0.4 is 4.74 Å². The van der Waals surface area contributed by atoms with E-state index in [1.165, 1.54) is 0 Å². The van der Waals surface area contributed by atoms with Gasteiger partial charge in [0.2, 0.25) is 5.91 Å². The Kier molecular flexibility index (Phi) is 10.6. The number of carbonyl (C=O) groups excluding carboxylic acids is 1. The molecule has 1 amide bonds. The third kappa shape index (κ3) is 7.43. The fourth-order valence-corrected chi connectivity index (χ4v) is 6.26. The van der Waals surface area contributed by atoms with Crippen molar-refractivity contribution in [2.75, 3.05) is 53.4 Å². The number of carbonyl (C=O) groups is 2. The van der Waals surface area contributed by atoms with Gasteiger partial charge in [-0.25, -0.2) is 4.98 Å². The van der Waals surface area contributed by atoms with Crippen LogP contribution in [0.25, 0.3) is 0 Å². The van der Waals surface area contributed by atoms with Gasteiger partial charge in [-0.3, -0.25) is 14.5 Å². The summed E-state index contributed by atoms with van der Waals surface area (Å²) in [6.07, 6.45) is 9.85. The third-order valence-electron chi connectivity index (χ3n) is 8.52. The first-order chi connectivity index (χ1) is 19.3. The molecule has 9 heteroatoms. The smallest absolute Gasteiger partial charge is 0.308 e. The molecule has 0 saturated carbocycles. The lowest BCUT2D eigenvalue weighted by Gasteiger charge is -2.30. The summed E-state index contributed by atoms with van der Waals surface area (Å²) >= 11 is 0. The van der Waals surface area contributed by atoms with Crippen LogP contribution in [0.5, 0.6) is 5.75 Å². The molecule has 3 unspecified atom stereocenters. The molecule has 3 heterocycles. The first-order valence-corrected chi connectivity index (χ1v) is 14.9. The van der Waals surface area contributed by atoms with Gasteiger partial charge in [0, 0.05) is 63.9 Å². The SMILES string of the molecule is CCCCN(CCCCN(C)C)C(=O)CN1CC(c2ccc3c(c2)CCO3)C(C(=O)O)C1CCc1nccn1C. The summed E-state index contributed by atoms with van der Waals surface area (Å²) in [5.74, 6) is 0.344. The first kappa shape index (κ1) is 30.1. The number of ether oxygens (including phenoxy) is 1. The molecule has 220 valence electrons. The minimum absolute atomic E-state index is 0.104. The summed E-state index contributed by atoms with van der Waals surface area (Å²) in [4.78, 5) is 37.4. The van der Waals surface area contributed by atoms with E-state index >= 15 is 0 Å². The molecule has 40 heavy (non-hydrogen) atoms. The Labute approximate surface area is 239 Å². The average Bonchev–Trinajstić information content (AvgIpc) is 3.64. The van der Waals surface area contributed by atoms with Crippen molar-refractivity contribution in [2.24, 2.45) is 13.0 Å². The minimum Gasteiger partial charge on any atom is -0.493 e. The van der Waals surface area contributed by atoms with Crippen molar-refractivity contribution in [3.05, 3.63) is 47.5 Å². The quantitative estimate of drug-likeness (QED) is 0.338. The number of amides is 1. The number of likely N-dealkylation sites (tertiary alicyclic amines) is 1. The molecule has 2 aromatic rings. The van der Waals surface area contributed by atoms with Crippen LogP contribution in [0.15, 0.2) is 30.6 Å². The summed E-state index contributed by atoms with van der Waals surface area (Å²) in [5.41, 5.74) is 2.17. The molecule has 3 atom stereocenters. The van der Waals surface area contributed by atoms with Crippen LogP contribution in [0.4, 0.5) is 0 Å². The molecule has 1 N–H and O–H groups in total. The van der Waals surface area contributed by atoms with Gasteiger partial charge in [-0.1, -0.05) is 25.5 Å². The number of nitrogens with zero attached hydrogens (tertiary/aromatic N) is 5. The maximum Gasteiger partial charge on any atom is 0.308 e. The third-order valence-corrected chi connectivity index (χ3v) is 8.52. The van der Waals surface area contributed by atoms with Gasteiger partial charge in [-0.15, -0.1) is 0 Å². The summed E-state index contributed by atoms with van der Waals surface area (Å²) < 4.78 is 7.68. The monoisotopic (exact) mass is 553 g/mol. The van der Waals surface area contributed by atoms with Crippen molar-refractivity contribution >= 4 is 11.9 Å². The number of hydrogen-bond acceptors (Lipinski definition) is 6. The van der Waals surface area contributed by atoms with Gasteiger partial charge in [0.05, 0.1) is 19.1 Å². The maximum atomic E-state index is 13.7. The van der Waals surface area contributed by atoms with E-state index in [9.17, 15) is 14.7 Å². The lowest BCUT2D eigenvalue weighted by atomic mass is 9.83. The molecule has 2 aliphatic rings. The van der Waals surface area contributed by atoms with Crippen LogP contribution in [0, 0.1) is 5.92 Å². The Bertz CT molecular complexity index is 1130. The molecule has 0 aliphatic carbocycles. The van der Waals surface area contributed by atoms with Crippen molar-refractivity contribution in [1.82, 2.24) is 24.3 Å². The number of aryl methyl sites for hydroxylation is 2. The summed E-state index contributed by atoms with van der Waals surface area (Å²) in [6.45, 7) is 6.11. The van der Waals surface area contributed by atoms with Gasteiger partial charge in [0.1, 0.15) is 11.6 Å². The largest absolute Gasteiger partial charge is 0.493 e. The molecule has 0 spiro atoms. The van der Waals surface area contributed by atoms with Gasteiger partial charge in [0.15, 0.2) is 0 Å². The fraction of sp³-hybridized carbons (Fsp3) is 0.645. The number of rotatable bonds is 15. The van der Waals surface area contributed by atoms with Crippen molar-refractivity contribution < 1.29 is 19.4 Å². The molecule has 2 aliphatic heterocycles. The van der Waals surface area contributed by atoms with Crippen LogP contribution in [0.1, 0.15) is 61.9 Å². The Morgan fingerprint density at radius 2 is 1.93 bits per heavy atom. The molecular formula is C31H47N5O4. The summed E-state index contributed by atoms with van der Waals surface area (Å²) in [5, 5.41) is 10.5. The highest BCUT2D eigenvalue weighted by atomic mass is 16.5. The van der Waals surface area contributed by atoms with E-state index in [0.29, 0.717) is 26.0 Å². The molecule has 1 aromatic carbocycles. The maximum absolute atomic E-state index is 13.7. The van der Waals surface area contributed by atoms with Crippen molar-refractivity contribution in [2.45, 2.75) is 63.8 Å². The highest BCUT2D eigenvalue weighted by molar-refractivity contribution is 5.79. The standard InChI is InChI=1S/C31H47N5O4/c1-5-6-16-35(17-8-7-15-33(2)3)29(37)22-36-21-25(23-9-11-27-24(20-23)13-19-40-27)30(31(38)39)26(36)10-12-28-32-14-18-34(28)4/h9,11,14,18,20,25-26,30H,5-8,10,12-13,15-17,19,21-22H2,1-4H3,(H,38,39). The number of imidazole rings is 1. The number of carboxylic acids is 1. The van der Waals surface area contributed by atoms with Crippen molar-refractivity contribution in [1.29, 1.82) is 0 Å². The number of benzene rings is 1. The molecule has 0 radical (unpaired) electrons. The van der Waals surface area contributed by atoms with Crippen LogP contribution in [0.2, 0.25) is 0 Å². The number of unbranched alkanes of at least 4 members (excludes halogenated alkanes) is 2. The first-order valence-electron chi connectivity index (χ1n) is 14.9. The molecule has 0 bridgehead atoms. The number of carboxylic acid groups (broad SMARTS) is 1. The minimum atomic E-state index is -0.798. The zero-order valence-corrected chi connectivity index (χ0v) is 24.7. The second-order valence-electron chi connectivity index (χ2n) is 11.7. The van der Waals surface area contributed by atoms with Gasteiger partial charge in [-0.05, 0) is 63.5 Å². The van der Waals surface area contributed by atoms with E-state index in [1.54, 1.807) is 6.20 Å². The normalized spacial score (nSPS) is 20.6. The average molecular weight is 554 g/mol. The zero-order chi connectivity index (χ0) is 28.6. The van der Waals surface area contributed by atoms with E-state index in [0.717, 1.165) is 74.4 Å². The second-order valence-corrected chi connectivity index (χ2v) is 11.7. The highest BCUT2D eigenvalue weighted by Crippen LogP contribution is 2.41. The summed E-state index contributed by atoms with van der Waals surface area (Å²) in [6, 6.07) is 5.87. The van der Waals surface area contributed by atoms with Gasteiger partial charge < -0.3 is 24.2 Å². The van der Waals surface area contributed by atoms with E-state index in [4.69, 9.17) is 4.74 Å². The predicted molar refractivity (Wildman–Crippen MR) is 156 cm³/mol. The molecule has 1 aromatic heterocycles. The van der Waals surface area contributed by atoms with Crippen molar-refractivity contribution in [3.8, 4) is 5.75 Å². The van der Waals surface area contributed by atoms with Gasteiger partial charge in [0.25, 0.3) is 0 Å². The Hall–Kier alpha value is -2.91. The zero-order valence-electron chi connectivity index (χ0n) is 24.7. The highest BCUT2D eigenvalue weighted by Gasteiger charge is 2.47. The molecule has 1 fully saturated rings. The molecule has 1 saturated heterocycles. The lowest BCUT2D eigenvalue weighted by Crippen LogP contribution is -2.45. The van der Waals surface area contributed by atoms with Gasteiger partial charge >= 0.3 is 5.97 Å². The Balaban J connectivity index is 1.55. The predicted octanol–water partition coefficient (Wildman–Crippen LogP) is 3.43. The summed E-state index contributed by atoms with van der Waals surface area (Å²) in [7, 11) is 6.11. The van der Waals surface area contributed by atoms with E-state index in [1.807, 2.05) is 34.8 Å². The van der Waals surface area contributed by atoms with E-state index < -0.39 is 11.9 Å². The fourth-order valence-electron chi connectivity index (χ4n) is 6.26. The second kappa shape index (κ2) is 14.1. The Morgan fingerprint density at radius 3 is 2.62 bits per heavy atom. The van der Waals surface area contributed by atoms with Crippen LogP contribution >= 0.6 is 0 Å². The molecule has 9 nitrogen and oxygen atoms in total. The molecule has 4 rings (SSSR count). The Morgan fingerprint density at radius 1 is 1.15 bits per heavy atom. The number of aliphatic carboxylic acids is 1. The van der Waals surface area contributed by atoms with Crippen molar-refractivity contribution in [3.63, 3.8) is 0 Å². The van der Waals surface area contributed by atoms with Crippen LogP contribution in [-0.2, 0) is 29.5 Å². The molecular weight excluding hydrogens is 506 g/mol.